The van der Waals surface area contributed by atoms with E-state index in [1.807, 2.05) is 30.7 Å². The average molecular weight is 457 g/mol. The van der Waals surface area contributed by atoms with Crippen molar-refractivity contribution in [3.8, 4) is 5.75 Å². The number of ether oxygens (including phenoxy) is 1. The van der Waals surface area contributed by atoms with Crippen LogP contribution in [0, 0.1) is 0 Å². The van der Waals surface area contributed by atoms with Gasteiger partial charge in [0.25, 0.3) is 0 Å². The van der Waals surface area contributed by atoms with Gasteiger partial charge in [-0.3, -0.25) is 4.99 Å². The monoisotopic (exact) mass is 457 g/mol. The van der Waals surface area contributed by atoms with Crippen LogP contribution in [0.2, 0.25) is 0 Å². The molecule has 0 spiro atoms. The number of aromatic nitrogens is 2. The molecule has 2 N–H and O–H groups in total. The zero-order valence-electron chi connectivity index (χ0n) is 14.9. The van der Waals surface area contributed by atoms with E-state index in [9.17, 15) is 0 Å². The fourth-order valence-corrected chi connectivity index (χ4v) is 2.43. The fraction of sp³-hybridized carbons (Fsp3) is 0.444. The zero-order valence-corrected chi connectivity index (χ0v) is 17.3. The molecule has 0 fully saturated rings. The van der Waals surface area contributed by atoms with Crippen molar-refractivity contribution in [3.05, 3.63) is 48.5 Å². The molecule has 0 bridgehead atoms. The van der Waals surface area contributed by atoms with Gasteiger partial charge in [0.05, 0.1) is 13.4 Å². The molecule has 0 unspecified atom stereocenters. The number of aliphatic imine (C=N–C) groups is 1. The lowest BCUT2D eigenvalue weighted by Gasteiger charge is -2.12. The summed E-state index contributed by atoms with van der Waals surface area (Å²) >= 11 is 0. The molecule has 2 aromatic rings. The van der Waals surface area contributed by atoms with Gasteiger partial charge in [0.2, 0.25) is 0 Å². The lowest BCUT2D eigenvalue weighted by atomic mass is 10.1. The van der Waals surface area contributed by atoms with E-state index >= 15 is 0 Å². The van der Waals surface area contributed by atoms with E-state index in [2.05, 4.69) is 38.2 Å². The normalized spacial score (nSPS) is 10.9. The minimum absolute atomic E-state index is 0. The maximum Gasteiger partial charge on any atom is 0.191 e. The summed E-state index contributed by atoms with van der Waals surface area (Å²) in [6.45, 7) is 5.45. The van der Waals surface area contributed by atoms with Crippen LogP contribution < -0.4 is 15.4 Å². The highest BCUT2D eigenvalue weighted by Gasteiger charge is 2.02. The lowest BCUT2D eigenvalue weighted by Crippen LogP contribution is -2.38. The Morgan fingerprint density at radius 3 is 2.84 bits per heavy atom. The van der Waals surface area contributed by atoms with Crippen LogP contribution in [0.1, 0.15) is 18.9 Å². The van der Waals surface area contributed by atoms with Crippen molar-refractivity contribution >= 4 is 29.9 Å². The molecule has 0 aliphatic carbocycles. The Morgan fingerprint density at radius 2 is 2.12 bits per heavy atom. The van der Waals surface area contributed by atoms with Crippen molar-refractivity contribution in [1.82, 2.24) is 20.2 Å². The second kappa shape index (κ2) is 12.6. The number of benzene rings is 1. The highest BCUT2D eigenvalue weighted by Crippen LogP contribution is 2.17. The van der Waals surface area contributed by atoms with Crippen LogP contribution in [0.3, 0.4) is 0 Å². The Morgan fingerprint density at radius 1 is 1.28 bits per heavy atom. The average Bonchev–Trinajstić information content (AvgIpc) is 3.12. The van der Waals surface area contributed by atoms with Gasteiger partial charge in [-0.15, -0.1) is 24.0 Å². The highest BCUT2D eigenvalue weighted by atomic mass is 127. The number of aryl methyl sites for hydroxylation is 1. The van der Waals surface area contributed by atoms with Gasteiger partial charge in [0, 0.05) is 38.6 Å². The summed E-state index contributed by atoms with van der Waals surface area (Å²) in [6, 6.07) is 8.11. The Bertz CT molecular complexity index is 616. The summed E-state index contributed by atoms with van der Waals surface area (Å²) in [5, 5.41) is 6.66. The molecule has 1 heterocycles. The number of hydrogen-bond acceptors (Lipinski definition) is 3. The minimum atomic E-state index is 0. The second-order valence-corrected chi connectivity index (χ2v) is 5.40. The first-order valence-electron chi connectivity index (χ1n) is 8.43. The quantitative estimate of drug-likeness (QED) is 0.263. The fourth-order valence-electron chi connectivity index (χ4n) is 2.43. The number of nitrogens with one attached hydrogen (secondary N) is 2. The molecule has 0 aliphatic rings. The minimum Gasteiger partial charge on any atom is -0.496 e. The first kappa shape index (κ1) is 21.3. The third-order valence-corrected chi connectivity index (χ3v) is 3.63. The predicted molar refractivity (Wildman–Crippen MR) is 113 cm³/mol. The molecule has 25 heavy (non-hydrogen) atoms. The van der Waals surface area contributed by atoms with Gasteiger partial charge >= 0.3 is 0 Å². The molecule has 1 aromatic carbocycles. The molecule has 0 atom stereocenters. The highest BCUT2D eigenvalue weighted by molar-refractivity contribution is 14.0. The molecule has 0 saturated carbocycles. The van der Waals surface area contributed by atoms with E-state index in [1.165, 1.54) is 5.56 Å². The molecule has 7 heteroatoms. The third-order valence-electron chi connectivity index (χ3n) is 3.63. The number of imidazole rings is 1. The number of methoxy groups -OCH3 is 1. The van der Waals surface area contributed by atoms with Crippen molar-refractivity contribution in [2.75, 3.05) is 26.7 Å². The van der Waals surface area contributed by atoms with E-state index in [1.54, 1.807) is 13.3 Å². The first-order valence-corrected chi connectivity index (χ1v) is 8.43. The van der Waals surface area contributed by atoms with Crippen molar-refractivity contribution in [3.63, 3.8) is 0 Å². The van der Waals surface area contributed by atoms with Crippen LogP contribution in [0.25, 0.3) is 0 Å². The molecule has 0 saturated heterocycles. The maximum absolute atomic E-state index is 5.38. The van der Waals surface area contributed by atoms with E-state index in [-0.39, 0.29) is 24.0 Å². The van der Waals surface area contributed by atoms with Gasteiger partial charge in [0.1, 0.15) is 5.75 Å². The standard InChI is InChI=1S/C18H27N5O.HI/c1-3-20-18(21-10-6-13-23-14-12-19-15-23)22-11-9-16-7-4-5-8-17(16)24-2;/h4-5,7-8,12,14-15H,3,6,9-11,13H2,1-2H3,(H2,20,21,22);1H. The molecule has 6 nitrogen and oxygen atoms in total. The molecule has 0 radical (unpaired) electrons. The molecule has 138 valence electrons. The third kappa shape index (κ3) is 7.76. The van der Waals surface area contributed by atoms with Crippen LogP contribution in [0.5, 0.6) is 5.75 Å². The van der Waals surface area contributed by atoms with E-state index < -0.39 is 0 Å². The second-order valence-electron chi connectivity index (χ2n) is 5.40. The summed E-state index contributed by atoms with van der Waals surface area (Å²) in [5.74, 6) is 1.79. The molecular weight excluding hydrogens is 429 g/mol. The summed E-state index contributed by atoms with van der Waals surface area (Å²) in [7, 11) is 1.71. The summed E-state index contributed by atoms with van der Waals surface area (Å²) in [6.07, 6.45) is 7.48. The van der Waals surface area contributed by atoms with Gasteiger partial charge in [-0.05, 0) is 31.4 Å². The predicted octanol–water partition coefficient (Wildman–Crippen LogP) is 2.70. The number of halogens is 1. The summed E-state index contributed by atoms with van der Waals surface area (Å²) in [4.78, 5) is 8.66. The smallest absolute Gasteiger partial charge is 0.191 e. The molecule has 0 aliphatic heterocycles. The molecular formula is C18H28IN5O. The van der Waals surface area contributed by atoms with Crippen LogP contribution in [0.15, 0.2) is 48.0 Å². The van der Waals surface area contributed by atoms with Crippen LogP contribution >= 0.6 is 24.0 Å². The van der Waals surface area contributed by atoms with Crippen molar-refractivity contribution < 1.29 is 4.74 Å². The van der Waals surface area contributed by atoms with E-state index in [0.717, 1.165) is 50.7 Å². The van der Waals surface area contributed by atoms with Crippen LogP contribution in [0.4, 0.5) is 0 Å². The molecule has 1 aromatic heterocycles. The van der Waals surface area contributed by atoms with Gasteiger partial charge < -0.3 is 19.9 Å². The zero-order chi connectivity index (χ0) is 17.0. The topological polar surface area (TPSA) is 63.5 Å². The summed E-state index contributed by atoms with van der Waals surface area (Å²) in [5.41, 5.74) is 1.20. The Kier molecular flexibility index (Phi) is 10.7. The van der Waals surface area contributed by atoms with Gasteiger partial charge in [-0.2, -0.15) is 0 Å². The Hall–Kier alpha value is -1.77. The van der Waals surface area contributed by atoms with E-state index in [4.69, 9.17) is 4.74 Å². The van der Waals surface area contributed by atoms with Crippen molar-refractivity contribution in [2.24, 2.45) is 4.99 Å². The molecule has 2 rings (SSSR count). The van der Waals surface area contributed by atoms with Gasteiger partial charge in [0.15, 0.2) is 5.96 Å². The first-order chi connectivity index (χ1) is 11.8. The summed E-state index contributed by atoms with van der Waals surface area (Å²) < 4.78 is 7.45. The SMILES string of the molecule is CCNC(=NCCCn1ccnc1)NCCc1ccccc1OC.I. The van der Waals surface area contributed by atoms with E-state index in [0.29, 0.717) is 0 Å². The lowest BCUT2D eigenvalue weighted by molar-refractivity contribution is 0.409. The number of rotatable bonds is 9. The Labute approximate surface area is 167 Å². The molecule has 0 amide bonds. The van der Waals surface area contributed by atoms with Gasteiger partial charge in [-0.25, -0.2) is 4.98 Å². The van der Waals surface area contributed by atoms with Crippen molar-refractivity contribution in [2.45, 2.75) is 26.3 Å². The van der Waals surface area contributed by atoms with Crippen LogP contribution in [-0.2, 0) is 13.0 Å². The van der Waals surface area contributed by atoms with Gasteiger partial charge in [-0.1, -0.05) is 18.2 Å². The Balaban J connectivity index is 0.00000312. The number of para-hydroxylation sites is 1. The number of guanidine groups is 1. The van der Waals surface area contributed by atoms with Crippen molar-refractivity contribution in [1.29, 1.82) is 0 Å². The number of hydrogen-bond donors (Lipinski definition) is 2. The maximum atomic E-state index is 5.38. The number of nitrogens with zero attached hydrogens (tertiary/aromatic N) is 3. The largest absolute Gasteiger partial charge is 0.496 e. The van der Waals surface area contributed by atoms with Crippen LogP contribution in [-0.4, -0.2) is 42.3 Å².